The van der Waals surface area contributed by atoms with E-state index < -0.39 is 11.9 Å². The number of halogens is 1. The molecule has 1 aromatic rings. The van der Waals surface area contributed by atoms with Gasteiger partial charge < -0.3 is 14.6 Å². The number of ether oxygens (including phenoxy) is 2. The average Bonchev–Trinajstić information content (AvgIpc) is 2.26. The van der Waals surface area contributed by atoms with Crippen LogP contribution in [0.1, 0.15) is 20.7 Å². The van der Waals surface area contributed by atoms with Gasteiger partial charge >= 0.3 is 11.9 Å². The highest BCUT2D eigenvalue weighted by Gasteiger charge is 2.22. The largest absolute Gasteiger partial charge is 0.508 e. The van der Waals surface area contributed by atoms with E-state index in [9.17, 15) is 14.7 Å². The Labute approximate surface area is 96.5 Å². The Morgan fingerprint density at radius 2 is 1.75 bits per heavy atom. The summed E-state index contributed by atoms with van der Waals surface area (Å²) in [5.74, 6) is -1.79. The first-order valence-electron chi connectivity index (χ1n) is 4.20. The number of hydrogen-bond donors (Lipinski definition) is 1. The minimum Gasteiger partial charge on any atom is -0.508 e. The lowest BCUT2D eigenvalue weighted by molar-refractivity contribution is 0.0555. The second-order valence-electron chi connectivity index (χ2n) is 2.83. The maximum absolute atomic E-state index is 11.4. The highest BCUT2D eigenvalue weighted by Crippen LogP contribution is 2.27. The fraction of sp³-hybridized carbons (Fsp3) is 0.200. The highest BCUT2D eigenvalue weighted by molar-refractivity contribution is 6.34. The van der Waals surface area contributed by atoms with E-state index in [1.165, 1.54) is 0 Å². The summed E-state index contributed by atoms with van der Waals surface area (Å²) in [6.45, 7) is 0. The van der Waals surface area contributed by atoms with E-state index in [1.807, 2.05) is 0 Å². The molecule has 0 saturated carbocycles. The number of methoxy groups -OCH3 is 2. The molecule has 0 unspecified atom stereocenters. The van der Waals surface area contributed by atoms with Crippen molar-refractivity contribution in [1.29, 1.82) is 0 Å². The Hall–Kier alpha value is -1.75. The fourth-order valence-corrected chi connectivity index (χ4v) is 1.46. The Kier molecular flexibility index (Phi) is 3.73. The van der Waals surface area contributed by atoms with Gasteiger partial charge in [0.15, 0.2) is 0 Å². The van der Waals surface area contributed by atoms with E-state index in [4.69, 9.17) is 11.6 Å². The molecule has 0 radical (unpaired) electrons. The quantitative estimate of drug-likeness (QED) is 0.801. The van der Waals surface area contributed by atoms with Crippen LogP contribution < -0.4 is 0 Å². The zero-order valence-electron chi connectivity index (χ0n) is 8.61. The molecule has 0 aliphatic rings. The lowest BCUT2D eigenvalue weighted by atomic mass is 10.1. The van der Waals surface area contributed by atoms with Crippen molar-refractivity contribution in [3.8, 4) is 5.75 Å². The molecular formula is C10H9ClO5. The van der Waals surface area contributed by atoms with Gasteiger partial charge in [0.1, 0.15) is 5.75 Å². The van der Waals surface area contributed by atoms with Gasteiger partial charge in [-0.15, -0.1) is 0 Å². The molecule has 5 nitrogen and oxygen atoms in total. The van der Waals surface area contributed by atoms with Crippen LogP contribution in [0.2, 0.25) is 5.02 Å². The zero-order valence-corrected chi connectivity index (χ0v) is 9.37. The summed E-state index contributed by atoms with van der Waals surface area (Å²) in [4.78, 5) is 22.8. The number of aromatic hydroxyl groups is 1. The normalized spacial score (nSPS) is 9.69. The van der Waals surface area contributed by atoms with Gasteiger partial charge in [-0.05, 0) is 12.1 Å². The van der Waals surface area contributed by atoms with Gasteiger partial charge in [0.05, 0.1) is 30.4 Å². The lowest BCUT2D eigenvalue weighted by Crippen LogP contribution is -2.12. The van der Waals surface area contributed by atoms with Crippen LogP contribution >= 0.6 is 11.6 Å². The molecule has 0 aliphatic heterocycles. The minimum absolute atomic E-state index is 0.0766. The van der Waals surface area contributed by atoms with Gasteiger partial charge in [-0.3, -0.25) is 0 Å². The third-order valence-corrected chi connectivity index (χ3v) is 2.17. The predicted molar refractivity (Wildman–Crippen MR) is 55.8 cm³/mol. The van der Waals surface area contributed by atoms with Crippen molar-refractivity contribution in [3.05, 3.63) is 28.3 Å². The SMILES string of the molecule is COC(=O)c1cc(O)cc(Cl)c1C(=O)OC. The summed E-state index contributed by atoms with van der Waals surface area (Å²) < 4.78 is 8.94. The summed E-state index contributed by atoms with van der Waals surface area (Å²) in [7, 11) is 2.31. The van der Waals surface area contributed by atoms with E-state index in [0.717, 1.165) is 26.4 Å². The first-order chi connectivity index (χ1) is 7.51. The van der Waals surface area contributed by atoms with Crippen LogP contribution in [0.5, 0.6) is 5.75 Å². The number of benzene rings is 1. The molecule has 0 heterocycles. The monoisotopic (exact) mass is 244 g/mol. The Bertz CT molecular complexity index is 441. The fourth-order valence-electron chi connectivity index (χ4n) is 1.17. The molecule has 0 fully saturated rings. The van der Waals surface area contributed by atoms with E-state index in [-0.39, 0.29) is 21.9 Å². The van der Waals surface area contributed by atoms with E-state index in [2.05, 4.69) is 9.47 Å². The molecular weight excluding hydrogens is 236 g/mol. The lowest BCUT2D eigenvalue weighted by Gasteiger charge is -2.08. The predicted octanol–water partition coefficient (Wildman–Crippen LogP) is 1.62. The van der Waals surface area contributed by atoms with Crippen molar-refractivity contribution < 1.29 is 24.2 Å². The molecule has 86 valence electrons. The van der Waals surface area contributed by atoms with Crippen molar-refractivity contribution >= 4 is 23.5 Å². The Balaban J connectivity index is 3.44. The maximum atomic E-state index is 11.4. The molecule has 1 aromatic carbocycles. The minimum atomic E-state index is -0.779. The summed E-state index contributed by atoms with van der Waals surface area (Å²) >= 11 is 5.74. The molecule has 0 atom stereocenters. The van der Waals surface area contributed by atoms with Gasteiger partial charge in [0.25, 0.3) is 0 Å². The van der Waals surface area contributed by atoms with Crippen LogP contribution in [0, 0.1) is 0 Å². The van der Waals surface area contributed by atoms with Crippen LogP contribution in [-0.2, 0) is 9.47 Å². The molecule has 0 aliphatic carbocycles. The number of esters is 2. The molecule has 1 N–H and O–H groups in total. The van der Waals surface area contributed by atoms with Crippen LogP contribution in [0.25, 0.3) is 0 Å². The van der Waals surface area contributed by atoms with E-state index in [0.29, 0.717) is 0 Å². The van der Waals surface area contributed by atoms with Gasteiger partial charge in [-0.2, -0.15) is 0 Å². The molecule has 0 amide bonds. The highest BCUT2D eigenvalue weighted by atomic mass is 35.5. The Morgan fingerprint density at radius 3 is 2.25 bits per heavy atom. The molecule has 0 aromatic heterocycles. The van der Waals surface area contributed by atoms with Gasteiger partial charge in [0, 0.05) is 0 Å². The van der Waals surface area contributed by atoms with Gasteiger partial charge in [-0.1, -0.05) is 11.6 Å². The third-order valence-electron chi connectivity index (χ3n) is 1.87. The molecule has 16 heavy (non-hydrogen) atoms. The number of carbonyl (C=O) groups is 2. The third kappa shape index (κ3) is 2.25. The summed E-state index contributed by atoms with van der Waals surface area (Å²) in [6.07, 6.45) is 0. The summed E-state index contributed by atoms with van der Waals surface area (Å²) in [5.41, 5.74) is -0.270. The second kappa shape index (κ2) is 4.85. The number of phenolic OH excluding ortho intramolecular Hbond substituents is 1. The van der Waals surface area contributed by atoms with Gasteiger partial charge in [-0.25, -0.2) is 9.59 Å². The van der Waals surface area contributed by atoms with Crippen LogP contribution in [-0.4, -0.2) is 31.3 Å². The van der Waals surface area contributed by atoms with Gasteiger partial charge in [0.2, 0.25) is 0 Å². The number of phenols is 1. The first-order valence-corrected chi connectivity index (χ1v) is 4.58. The second-order valence-corrected chi connectivity index (χ2v) is 3.24. The van der Waals surface area contributed by atoms with Crippen LogP contribution in [0.15, 0.2) is 12.1 Å². The molecule has 1 rings (SSSR count). The standard InChI is InChI=1S/C10H9ClO5/c1-15-9(13)6-3-5(12)4-7(11)8(6)10(14)16-2/h3-4,12H,1-2H3. The maximum Gasteiger partial charge on any atom is 0.340 e. The number of carbonyl (C=O) groups excluding carboxylic acids is 2. The molecule has 6 heteroatoms. The topological polar surface area (TPSA) is 72.8 Å². The first kappa shape index (κ1) is 12.3. The Morgan fingerprint density at radius 1 is 1.19 bits per heavy atom. The van der Waals surface area contributed by atoms with Crippen molar-refractivity contribution in [2.75, 3.05) is 14.2 Å². The van der Waals surface area contributed by atoms with Crippen molar-refractivity contribution in [1.82, 2.24) is 0 Å². The van der Waals surface area contributed by atoms with Crippen LogP contribution in [0.3, 0.4) is 0 Å². The number of rotatable bonds is 2. The van der Waals surface area contributed by atoms with Crippen molar-refractivity contribution in [3.63, 3.8) is 0 Å². The molecule has 0 spiro atoms. The number of hydrogen-bond acceptors (Lipinski definition) is 5. The van der Waals surface area contributed by atoms with Crippen molar-refractivity contribution in [2.24, 2.45) is 0 Å². The van der Waals surface area contributed by atoms with E-state index >= 15 is 0 Å². The molecule has 0 bridgehead atoms. The smallest absolute Gasteiger partial charge is 0.340 e. The molecule has 0 saturated heterocycles. The zero-order chi connectivity index (χ0) is 12.3. The van der Waals surface area contributed by atoms with E-state index in [1.54, 1.807) is 0 Å². The average molecular weight is 245 g/mol. The summed E-state index contributed by atoms with van der Waals surface area (Å²) in [5, 5.41) is 9.20. The van der Waals surface area contributed by atoms with Crippen molar-refractivity contribution in [2.45, 2.75) is 0 Å². The van der Waals surface area contributed by atoms with Crippen LogP contribution in [0.4, 0.5) is 0 Å². The summed E-state index contributed by atoms with van der Waals surface area (Å²) in [6, 6.07) is 2.23.